The minimum absolute atomic E-state index is 0.0491. The number of nitro benzene ring substituents is 2. The van der Waals surface area contributed by atoms with Gasteiger partial charge in [-0.2, -0.15) is 5.10 Å². The van der Waals surface area contributed by atoms with Crippen molar-refractivity contribution in [2.75, 3.05) is 25.6 Å². The van der Waals surface area contributed by atoms with Crippen LogP contribution in [0.15, 0.2) is 64.9 Å². The summed E-state index contributed by atoms with van der Waals surface area (Å²) in [6.07, 6.45) is 1.51. The second kappa shape index (κ2) is 10.4. The smallest absolute Gasteiger partial charge is 0.342 e. The molecule has 0 unspecified atom stereocenters. The lowest BCUT2D eigenvalue weighted by Gasteiger charge is -2.19. The van der Waals surface area contributed by atoms with E-state index in [2.05, 4.69) is 10.5 Å². The molecule has 2 aromatic rings. The molecule has 172 valence electrons. The SMILES string of the molecule is CCOC(=O)C(/C(=N\Nc1ccc([N+](=O)[O-])cc1[N+](=O)[O-])c1ccccc1)=C1\CCCN1C. The zero-order chi connectivity index (χ0) is 24.0. The molecule has 0 amide bonds. The minimum Gasteiger partial charge on any atom is -0.462 e. The maximum absolute atomic E-state index is 13.0. The van der Waals surface area contributed by atoms with E-state index in [1.165, 1.54) is 6.07 Å². The van der Waals surface area contributed by atoms with Gasteiger partial charge in [0.2, 0.25) is 0 Å². The molecule has 1 fully saturated rings. The molecular formula is C22H23N5O6. The van der Waals surface area contributed by atoms with E-state index in [1.807, 2.05) is 18.0 Å². The maximum Gasteiger partial charge on any atom is 0.342 e. The summed E-state index contributed by atoms with van der Waals surface area (Å²) in [6, 6.07) is 12.1. The van der Waals surface area contributed by atoms with Crippen molar-refractivity contribution in [2.24, 2.45) is 5.10 Å². The highest BCUT2D eigenvalue weighted by atomic mass is 16.6. The summed E-state index contributed by atoms with van der Waals surface area (Å²) in [5, 5.41) is 26.9. The van der Waals surface area contributed by atoms with Gasteiger partial charge in [0.05, 0.1) is 22.5 Å². The van der Waals surface area contributed by atoms with Crippen molar-refractivity contribution in [1.82, 2.24) is 4.90 Å². The Balaban J connectivity index is 2.15. The molecule has 0 aromatic heterocycles. The molecule has 33 heavy (non-hydrogen) atoms. The topological polar surface area (TPSA) is 140 Å². The number of carbonyl (C=O) groups is 1. The Kier molecular flexibility index (Phi) is 7.34. The minimum atomic E-state index is -0.734. The number of hydrogen-bond donors (Lipinski definition) is 1. The van der Waals surface area contributed by atoms with Crippen molar-refractivity contribution in [2.45, 2.75) is 19.8 Å². The Labute approximate surface area is 189 Å². The molecule has 11 heteroatoms. The zero-order valence-electron chi connectivity index (χ0n) is 18.2. The molecule has 0 aliphatic carbocycles. The van der Waals surface area contributed by atoms with Crippen LogP contribution in [0, 0.1) is 20.2 Å². The van der Waals surface area contributed by atoms with E-state index in [0.717, 1.165) is 30.8 Å². The maximum atomic E-state index is 13.0. The van der Waals surface area contributed by atoms with Crippen LogP contribution >= 0.6 is 0 Å². The molecule has 2 aromatic carbocycles. The summed E-state index contributed by atoms with van der Waals surface area (Å²) in [6.45, 7) is 2.64. The van der Waals surface area contributed by atoms with Crippen molar-refractivity contribution < 1.29 is 19.4 Å². The van der Waals surface area contributed by atoms with Crippen LogP contribution < -0.4 is 5.43 Å². The lowest BCUT2D eigenvalue weighted by Crippen LogP contribution is -2.24. The van der Waals surface area contributed by atoms with Gasteiger partial charge in [0.25, 0.3) is 5.69 Å². The van der Waals surface area contributed by atoms with Crippen molar-refractivity contribution in [3.63, 3.8) is 0 Å². The van der Waals surface area contributed by atoms with Crippen molar-refractivity contribution in [1.29, 1.82) is 0 Å². The molecule has 1 saturated heterocycles. The van der Waals surface area contributed by atoms with Crippen molar-refractivity contribution >= 4 is 28.7 Å². The van der Waals surface area contributed by atoms with Gasteiger partial charge in [-0.05, 0) is 25.8 Å². The Morgan fingerprint density at radius 2 is 1.88 bits per heavy atom. The van der Waals surface area contributed by atoms with Crippen LogP contribution in [0.3, 0.4) is 0 Å². The standard InChI is InChI=1S/C22H23N5O6/c1-3-33-22(28)20(18-10-7-13-25(18)2)21(15-8-5-4-6-9-15)24-23-17-12-11-16(26(29)30)14-19(17)27(31)32/h4-6,8-9,11-12,14,23H,3,7,10,13H2,1-2H3/b20-18+,24-21-. The van der Waals surface area contributed by atoms with Crippen LogP contribution in [0.2, 0.25) is 0 Å². The zero-order valence-corrected chi connectivity index (χ0v) is 18.2. The van der Waals surface area contributed by atoms with E-state index in [0.29, 0.717) is 12.0 Å². The molecule has 11 nitrogen and oxygen atoms in total. The predicted molar refractivity (Wildman–Crippen MR) is 122 cm³/mol. The number of allylic oxidation sites excluding steroid dienone is 1. The second-order valence-corrected chi connectivity index (χ2v) is 7.22. The number of non-ortho nitro benzene ring substituents is 1. The van der Waals surface area contributed by atoms with Crippen LogP contribution in [0.25, 0.3) is 0 Å². The monoisotopic (exact) mass is 453 g/mol. The average Bonchev–Trinajstić information content (AvgIpc) is 3.22. The number of carbonyl (C=O) groups excluding carboxylic acids is 1. The highest BCUT2D eigenvalue weighted by Crippen LogP contribution is 2.30. The number of benzene rings is 2. The molecule has 1 N–H and O–H groups in total. The molecule has 0 bridgehead atoms. The molecule has 0 saturated carbocycles. The first-order valence-corrected chi connectivity index (χ1v) is 10.3. The van der Waals surface area contributed by atoms with Gasteiger partial charge in [-0.1, -0.05) is 30.3 Å². The summed E-state index contributed by atoms with van der Waals surface area (Å²) in [4.78, 5) is 36.0. The molecule has 1 aliphatic rings. The largest absolute Gasteiger partial charge is 0.462 e. The predicted octanol–water partition coefficient (Wildman–Crippen LogP) is 3.86. The Morgan fingerprint density at radius 3 is 2.45 bits per heavy atom. The van der Waals surface area contributed by atoms with E-state index in [1.54, 1.807) is 31.2 Å². The lowest BCUT2D eigenvalue weighted by atomic mass is 9.99. The summed E-state index contributed by atoms with van der Waals surface area (Å²) < 4.78 is 5.31. The number of ether oxygens (including phenoxy) is 1. The van der Waals surface area contributed by atoms with E-state index in [4.69, 9.17) is 4.74 Å². The molecule has 0 spiro atoms. The Hall–Kier alpha value is -4.28. The van der Waals surface area contributed by atoms with Gasteiger partial charge in [0, 0.05) is 30.9 Å². The summed E-state index contributed by atoms with van der Waals surface area (Å²) in [5.41, 5.74) is 3.54. The average molecular weight is 453 g/mol. The van der Waals surface area contributed by atoms with E-state index >= 15 is 0 Å². The van der Waals surface area contributed by atoms with Gasteiger partial charge < -0.3 is 9.64 Å². The van der Waals surface area contributed by atoms with Crippen LogP contribution in [0.5, 0.6) is 0 Å². The van der Waals surface area contributed by atoms with Crippen LogP contribution in [-0.2, 0) is 9.53 Å². The van der Waals surface area contributed by atoms with Gasteiger partial charge in [-0.15, -0.1) is 0 Å². The van der Waals surface area contributed by atoms with Crippen LogP contribution in [0.4, 0.5) is 17.1 Å². The van der Waals surface area contributed by atoms with Crippen LogP contribution in [0.1, 0.15) is 25.3 Å². The number of nitrogens with zero attached hydrogens (tertiary/aromatic N) is 4. The fraction of sp³-hybridized carbons (Fsp3) is 0.273. The molecule has 1 aliphatic heterocycles. The highest BCUT2D eigenvalue weighted by Gasteiger charge is 2.29. The molecule has 1 heterocycles. The third-order valence-corrected chi connectivity index (χ3v) is 5.10. The van der Waals surface area contributed by atoms with Crippen molar-refractivity contribution in [3.05, 3.63) is 85.6 Å². The fourth-order valence-corrected chi connectivity index (χ4v) is 3.54. The number of rotatable bonds is 8. The number of esters is 1. The first-order valence-electron chi connectivity index (χ1n) is 10.3. The fourth-order valence-electron chi connectivity index (χ4n) is 3.54. The third kappa shape index (κ3) is 5.32. The van der Waals surface area contributed by atoms with Gasteiger partial charge >= 0.3 is 11.7 Å². The first-order chi connectivity index (χ1) is 15.8. The summed E-state index contributed by atoms with van der Waals surface area (Å²) >= 11 is 0. The first kappa shape index (κ1) is 23.4. The summed E-state index contributed by atoms with van der Waals surface area (Å²) in [7, 11) is 1.87. The van der Waals surface area contributed by atoms with Crippen molar-refractivity contribution in [3.8, 4) is 0 Å². The van der Waals surface area contributed by atoms with Gasteiger partial charge in [-0.3, -0.25) is 25.7 Å². The normalized spacial score (nSPS) is 15.2. The van der Waals surface area contributed by atoms with E-state index in [9.17, 15) is 25.0 Å². The number of nitro groups is 2. The van der Waals surface area contributed by atoms with Gasteiger partial charge in [0.1, 0.15) is 17.0 Å². The van der Waals surface area contributed by atoms with E-state index < -0.39 is 27.2 Å². The number of anilines is 1. The number of likely N-dealkylation sites (tertiary alicyclic amines) is 1. The highest BCUT2D eigenvalue weighted by molar-refractivity contribution is 6.27. The lowest BCUT2D eigenvalue weighted by molar-refractivity contribution is -0.393. The Bertz CT molecular complexity index is 1130. The molecular weight excluding hydrogens is 430 g/mol. The summed E-state index contributed by atoms with van der Waals surface area (Å²) in [5.74, 6) is -0.552. The van der Waals surface area contributed by atoms with Crippen LogP contribution in [-0.4, -0.2) is 46.6 Å². The quantitative estimate of drug-likeness (QED) is 0.209. The molecule has 0 atom stereocenters. The van der Waals surface area contributed by atoms with Gasteiger partial charge in [0.15, 0.2) is 0 Å². The Morgan fingerprint density at radius 1 is 1.15 bits per heavy atom. The van der Waals surface area contributed by atoms with E-state index in [-0.39, 0.29) is 23.6 Å². The third-order valence-electron chi connectivity index (χ3n) is 5.10. The molecule has 3 rings (SSSR count). The number of hydrazone groups is 1. The molecule has 0 radical (unpaired) electrons. The number of nitrogens with one attached hydrogen (secondary N) is 1. The number of hydrogen-bond acceptors (Lipinski definition) is 9. The van der Waals surface area contributed by atoms with Gasteiger partial charge in [-0.25, -0.2) is 4.79 Å². The second-order valence-electron chi connectivity index (χ2n) is 7.22.